The highest BCUT2D eigenvalue weighted by molar-refractivity contribution is 5.81. The molecule has 0 bridgehead atoms. The van der Waals surface area contributed by atoms with Gasteiger partial charge >= 0.3 is 0 Å². The number of carbonyl (C=O) groups is 1. The molecule has 0 spiro atoms. The summed E-state index contributed by atoms with van der Waals surface area (Å²) in [6.45, 7) is 1.98. The van der Waals surface area contributed by atoms with Crippen molar-refractivity contribution in [2.24, 2.45) is 0 Å². The molecule has 0 unspecified atom stereocenters. The molecule has 0 amide bonds. The molecular weight excluding hydrogens is 330 g/mol. The standard InChI is InChI=1S/C19H17N5O2/c25-15-5-8-23(9-6-15)14-3-4-17(21-10-14)24-11-13-12-26-19-16(18(13)22-24)2-1-7-20-19/h1-4,7,10-11H,5-6,8-9,12H2. The maximum atomic E-state index is 11.4. The van der Waals surface area contributed by atoms with Crippen molar-refractivity contribution < 1.29 is 9.53 Å². The molecule has 1 fully saturated rings. The topological polar surface area (TPSA) is 73.1 Å². The van der Waals surface area contributed by atoms with Crippen molar-refractivity contribution in [1.82, 2.24) is 19.7 Å². The number of anilines is 1. The Morgan fingerprint density at radius 1 is 1.08 bits per heavy atom. The third-order valence-electron chi connectivity index (χ3n) is 4.83. The molecule has 2 aliphatic heterocycles. The molecule has 7 heteroatoms. The summed E-state index contributed by atoms with van der Waals surface area (Å²) in [5, 5.41) is 4.69. The molecule has 0 aliphatic carbocycles. The molecule has 3 aromatic rings. The summed E-state index contributed by atoms with van der Waals surface area (Å²) in [7, 11) is 0. The first-order valence-electron chi connectivity index (χ1n) is 8.68. The van der Waals surface area contributed by atoms with Crippen LogP contribution in [-0.2, 0) is 11.4 Å². The van der Waals surface area contributed by atoms with E-state index in [0.717, 1.165) is 41.4 Å². The van der Waals surface area contributed by atoms with Crippen molar-refractivity contribution in [3.8, 4) is 23.0 Å². The number of piperidine rings is 1. The highest BCUT2D eigenvalue weighted by Gasteiger charge is 2.22. The van der Waals surface area contributed by atoms with Crippen LogP contribution in [0.2, 0.25) is 0 Å². The number of carbonyl (C=O) groups excluding carboxylic acids is 1. The number of hydrogen-bond acceptors (Lipinski definition) is 6. The zero-order valence-corrected chi connectivity index (χ0v) is 14.1. The van der Waals surface area contributed by atoms with Gasteiger partial charge in [0.2, 0.25) is 5.88 Å². The predicted molar refractivity (Wildman–Crippen MR) is 95.4 cm³/mol. The molecule has 0 N–H and O–H groups in total. The lowest BCUT2D eigenvalue weighted by Gasteiger charge is -2.27. The van der Waals surface area contributed by atoms with E-state index in [1.165, 1.54) is 0 Å². The van der Waals surface area contributed by atoms with E-state index in [-0.39, 0.29) is 0 Å². The monoisotopic (exact) mass is 347 g/mol. The van der Waals surface area contributed by atoms with Crippen molar-refractivity contribution in [3.63, 3.8) is 0 Å². The predicted octanol–water partition coefficient (Wildman–Crippen LogP) is 2.39. The molecule has 2 aliphatic rings. The zero-order chi connectivity index (χ0) is 17.5. The quantitative estimate of drug-likeness (QED) is 0.709. The number of fused-ring (bicyclic) bond motifs is 3. The molecule has 0 saturated carbocycles. The Morgan fingerprint density at radius 3 is 2.77 bits per heavy atom. The summed E-state index contributed by atoms with van der Waals surface area (Å²) in [6, 6.07) is 7.83. The summed E-state index contributed by atoms with van der Waals surface area (Å²) in [6.07, 6.45) is 6.74. The molecule has 1 saturated heterocycles. The highest BCUT2D eigenvalue weighted by Crippen LogP contribution is 2.34. The smallest absolute Gasteiger partial charge is 0.223 e. The number of aromatic nitrogens is 4. The van der Waals surface area contributed by atoms with Gasteiger partial charge in [0.25, 0.3) is 0 Å². The summed E-state index contributed by atoms with van der Waals surface area (Å²) < 4.78 is 7.46. The maximum absolute atomic E-state index is 11.4. The van der Waals surface area contributed by atoms with Crippen LogP contribution in [0.3, 0.4) is 0 Å². The van der Waals surface area contributed by atoms with Crippen LogP contribution in [0.4, 0.5) is 5.69 Å². The fraction of sp³-hybridized carbons (Fsp3) is 0.263. The Balaban J connectivity index is 1.43. The van der Waals surface area contributed by atoms with Gasteiger partial charge in [0.15, 0.2) is 5.82 Å². The summed E-state index contributed by atoms with van der Waals surface area (Å²) in [4.78, 5) is 22.4. The number of Topliss-reactive ketones (excluding diaryl/α,β-unsaturated/α-hetero) is 1. The minimum Gasteiger partial charge on any atom is -0.472 e. The van der Waals surface area contributed by atoms with Crippen LogP contribution in [-0.4, -0.2) is 38.6 Å². The van der Waals surface area contributed by atoms with Gasteiger partial charge in [-0.25, -0.2) is 14.6 Å². The zero-order valence-electron chi connectivity index (χ0n) is 14.1. The lowest BCUT2D eigenvalue weighted by Crippen LogP contribution is -2.33. The van der Waals surface area contributed by atoms with Crippen LogP contribution < -0.4 is 9.64 Å². The van der Waals surface area contributed by atoms with E-state index in [1.807, 2.05) is 36.7 Å². The maximum Gasteiger partial charge on any atom is 0.223 e. The molecule has 3 aromatic heterocycles. The first kappa shape index (κ1) is 15.1. The van der Waals surface area contributed by atoms with Crippen LogP contribution in [0.15, 0.2) is 42.9 Å². The summed E-state index contributed by atoms with van der Waals surface area (Å²) >= 11 is 0. The minimum atomic E-state index is 0.338. The Kier molecular flexibility index (Phi) is 3.44. The lowest BCUT2D eigenvalue weighted by atomic mass is 10.1. The van der Waals surface area contributed by atoms with Gasteiger partial charge in [-0.15, -0.1) is 0 Å². The largest absolute Gasteiger partial charge is 0.472 e. The Labute approximate surface area is 150 Å². The number of pyridine rings is 2. The van der Waals surface area contributed by atoms with Crippen LogP contribution >= 0.6 is 0 Å². The third kappa shape index (κ3) is 2.52. The second-order valence-corrected chi connectivity index (χ2v) is 6.49. The van der Waals surface area contributed by atoms with Gasteiger partial charge < -0.3 is 9.64 Å². The third-order valence-corrected chi connectivity index (χ3v) is 4.83. The molecule has 0 radical (unpaired) electrons. The number of ketones is 1. The molecule has 5 rings (SSSR count). The summed E-state index contributed by atoms with van der Waals surface area (Å²) in [5.74, 6) is 1.71. The van der Waals surface area contributed by atoms with E-state index in [9.17, 15) is 4.79 Å². The van der Waals surface area contributed by atoms with Gasteiger partial charge in [-0.1, -0.05) is 0 Å². The van der Waals surface area contributed by atoms with E-state index in [2.05, 4.69) is 14.9 Å². The number of rotatable bonds is 2. The molecule has 0 atom stereocenters. The average molecular weight is 347 g/mol. The highest BCUT2D eigenvalue weighted by atomic mass is 16.5. The number of nitrogens with zero attached hydrogens (tertiary/aromatic N) is 5. The van der Waals surface area contributed by atoms with Gasteiger partial charge in [-0.3, -0.25) is 4.79 Å². The van der Waals surface area contributed by atoms with E-state index in [0.29, 0.717) is 31.1 Å². The van der Waals surface area contributed by atoms with Gasteiger partial charge in [0, 0.05) is 43.9 Å². The fourth-order valence-electron chi connectivity index (χ4n) is 3.41. The van der Waals surface area contributed by atoms with E-state index < -0.39 is 0 Å². The van der Waals surface area contributed by atoms with Gasteiger partial charge in [0.1, 0.15) is 18.1 Å². The molecule has 26 heavy (non-hydrogen) atoms. The SMILES string of the molecule is O=C1CCN(c2ccc(-n3cc4c(n3)-c3cccnc3OC4)nc2)CC1. The average Bonchev–Trinajstić information content (AvgIpc) is 3.14. The van der Waals surface area contributed by atoms with Crippen molar-refractivity contribution in [3.05, 3.63) is 48.4 Å². The van der Waals surface area contributed by atoms with Gasteiger partial charge in [-0.05, 0) is 24.3 Å². The Bertz CT molecular complexity index is 970. The first-order valence-corrected chi connectivity index (χ1v) is 8.68. The van der Waals surface area contributed by atoms with E-state index >= 15 is 0 Å². The first-order chi connectivity index (χ1) is 12.8. The van der Waals surface area contributed by atoms with Crippen LogP contribution in [0.5, 0.6) is 5.88 Å². The lowest BCUT2D eigenvalue weighted by molar-refractivity contribution is -0.119. The Hall–Kier alpha value is -3.22. The number of hydrogen-bond donors (Lipinski definition) is 0. The van der Waals surface area contributed by atoms with E-state index in [1.54, 1.807) is 10.9 Å². The molecular formula is C19H17N5O2. The normalized spacial score (nSPS) is 16.0. The number of ether oxygens (including phenoxy) is 1. The van der Waals surface area contributed by atoms with Crippen LogP contribution in [0.1, 0.15) is 18.4 Å². The molecule has 130 valence electrons. The van der Waals surface area contributed by atoms with E-state index in [4.69, 9.17) is 9.84 Å². The van der Waals surface area contributed by atoms with Crippen LogP contribution in [0.25, 0.3) is 17.1 Å². The fourth-order valence-corrected chi connectivity index (χ4v) is 3.41. The van der Waals surface area contributed by atoms with Gasteiger partial charge in [-0.2, -0.15) is 5.10 Å². The molecule has 7 nitrogen and oxygen atoms in total. The minimum absolute atomic E-state index is 0.338. The van der Waals surface area contributed by atoms with Gasteiger partial charge in [0.05, 0.1) is 17.4 Å². The van der Waals surface area contributed by atoms with Crippen molar-refractivity contribution in [1.29, 1.82) is 0 Å². The molecule has 5 heterocycles. The van der Waals surface area contributed by atoms with Crippen molar-refractivity contribution in [2.75, 3.05) is 18.0 Å². The van der Waals surface area contributed by atoms with Crippen LogP contribution in [0, 0.1) is 0 Å². The second-order valence-electron chi connectivity index (χ2n) is 6.49. The summed E-state index contributed by atoms with van der Waals surface area (Å²) in [5.41, 5.74) is 3.85. The van der Waals surface area contributed by atoms with Crippen molar-refractivity contribution >= 4 is 11.5 Å². The Morgan fingerprint density at radius 2 is 1.96 bits per heavy atom. The molecule has 0 aromatic carbocycles. The second kappa shape index (κ2) is 5.94. The van der Waals surface area contributed by atoms with Crippen molar-refractivity contribution in [2.45, 2.75) is 19.4 Å².